The summed E-state index contributed by atoms with van der Waals surface area (Å²) in [6, 6.07) is 3.78. The lowest BCUT2D eigenvalue weighted by Gasteiger charge is -2.29. The highest BCUT2D eigenvalue weighted by Crippen LogP contribution is 2.56. The number of nitrogens with zero attached hydrogens (tertiary/aromatic N) is 2. The number of likely N-dealkylation sites (tertiary alicyclic amines) is 1. The number of nitrogens with one attached hydrogen (secondary N) is 1. The Morgan fingerprint density at radius 3 is 2.30 bits per heavy atom. The molecule has 3 amide bonds. The minimum absolute atomic E-state index is 0.202. The molecule has 30 heavy (non-hydrogen) atoms. The minimum Gasteiger partial charge on any atom is -0.369 e. The summed E-state index contributed by atoms with van der Waals surface area (Å²) in [4.78, 5) is 41.8. The monoisotopic (exact) mass is 413 g/mol. The van der Waals surface area contributed by atoms with Crippen LogP contribution in [0.25, 0.3) is 0 Å². The van der Waals surface area contributed by atoms with Gasteiger partial charge in [-0.05, 0) is 75.5 Å². The molecule has 4 aliphatic rings. The summed E-state index contributed by atoms with van der Waals surface area (Å²) in [7, 11) is 0. The second-order valence-electron chi connectivity index (χ2n) is 9.31. The van der Waals surface area contributed by atoms with Gasteiger partial charge in [0.2, 0.25) is 17.7 Å². The maximum Gasteiger partial charge on any atom is 0.247 e. The Kier molecular flexibility index (Phi) is 4.79. The lowest BCUT2D eigenvalue weighted by atomic mass is 9.81. The summed E-state index contributed by atoms with van der Waals surface area (Å²) < 4.78 is 14.6. The lowest BCUT2D eigenvalue weighted by molar-refractivity contribution is -0.146. The Morgan fingerprint density at radius 1 is 1.07 bits per heavy atom. The Bertz CT molecular complexity index is 870. The average Bonchev–Trinajstić information content (AvgIpc) is 3.42. The molecule has 6 nitrogen and oxygen atoms in total. The van der Waals surface area contributed by atoms with Crippen LogP contribution in [0.4, 0.5) is 15.8 Å². The van der Waals surface area contributed by atoms with Gasteiger partial charge in [-0.3, -0.25) is 19.3 Å². The van der Waals surface area contributed by atoms with Gasteiger partial charge in [-0.2, -0.15) is 0 Å². The number of amides is 3. The molecule has 2 aliphatic carbocycles. The molecule has 5 atom stereocenters. The maximum absolute atomic E-state index is 14.6. The van der Waals surface area contributed by atoms with E-state index in [2.05, 4.69) is 5.32 Å². The zero-order valence-corrected chi connectivity index (χ0v) is 17.3. The van der Waals surface area contributed by atoms with Crippen molar-refractivity contribution < 1.29 is 18.8 Å². The number of anilines is 2. The van der Waals surface area contributed by atoms with Crippen LogP contribution in [0, 0.1) is 29.5 Å². The normalized spacial score (nSPS) is 31.3. The molecule has 1 aromatic carbocycles. The third-order valence-electron chi connectivity index (χ3n) is 7.64. The standard InChI is InChI=1S/C23H28FN3O3/c1-13(27-22(29)19-14-5-6-15(11-14)20(19)23(27)30)21(28)25-16-7-8-18(17(24)12-16)26-9-3-2-4-10-26/h7-8,12-15,19-20H,2-6,9-11H2,1H3,(H,25,28)/t13-,14+,15+,19-,20-/m1/s1. The van der Waals surface area contributed by atoms with Crippen molar-refractivity contribution in [3.05, 3.63) is 24.0 Å². The average molecular weight is 413 g/mol. The molecule has 2 saturated carbocycles. The zero-order chi connectivity index (χ0) is 21.0. The fraction of sp³-hybridized carbons (Fsp3) is 0.609. The molecule has 160 valence electrons. The van der Waals surface area contributed by atoms with Gasteiger partial charge in [-0.25, -0.2) is 4.39 Å². The van der Waals surface area contributed by atoms with Gasteiger partial charge in [0, 0.05) is 18.8 Å². The molecule has 4 fully saturated rings. The number of hydrogen-bond acceptors (Lipinski definition) is 4. The van der Waals surface area contributed by atoms with Crippen molar-refractivity contribution >= 4 is 29.1 Å². The van der Waals surface area contributed by atoms with Crippen LogP contribution in [0.3, 0.4) is 0 Å². The molecule has 0 spiro atoms. The first-order valence-corrected chi connectivity index (χ1v) is 11.2. The highest BCUT2D eigenvalue weighted by molar-refractivity contribution is 6.10. The van der Waals surface area contributed by atoms with Crippen LogP contribution in [0.1, 0.15) is 45.4 Å². The van der Waals surface area contributed by atoms with E-state index in [0.717, 1.165) is 50.1 Å². The van der Waals surface area contributed by atoms with E-state index in [1.165, 1.54) is 12.5 Å². The van der Waals surface area contributed by atoms with Gasteiger partial charge in [0.25, 0.3) is 0 Å². The van der Waals surface area contributed by atoms with Gasteiger partial charge in [0.15, 0.2) is 0 Å². The molecular weight excluding hydrogens is 385 g/mol. The van der Waals surface area contributed by atoms with Crippen LogP contribution in [0.15, 0.2) is 18.2 Å². The van der Waals surface area contributed by atoms with Crippen LogP contribution in [-0.2, 0) is 14.4 Å². The fourth-order valence-corrected chi connectivity index (χ4v) is 6.15. The van der Waals surface area contributed by atoms with Crippen LogP contribution in [-0.4, -0.2) is 41.8 Å². The van der Waals surface area contributed by atoms with Gasteiger partial charge >= 0.3 is 0 Å². The molecule has 2 saturated heterocycles. The first-order chi connectivity index (χ1) is 14.5. The van der Waals surface area contributed by atoms with E-state index in [0.29, 0.717) is 11.4 Å². The molecular formula is C23H28FN3O3. The summed E-state index contributed by atoms with van der Waals surface area (Å²) in [5, 5.41) is 2.69. The number of fused-ring (bicyclic) bond motifs is 5. The highest BCUT2D eigenvalue weighted by atomic mass is 19.1. The molecule has 5 rings (SSSR count). The van der Waals surface area contributed by atoms with E-state index in [9.17, 15) is 18.8 Å². The Morgan fingerprint density at radius 2 is 1.70 bits per heavy atom. The Labute approximate surface area is 175 Å². The van der Waals surface area contributed by atoms with Crippen molar-refractivity contribution in [2.75, 3.05) is 23.3 Å². The number of halogens is 1. The van der Waals surface area contributed by atoms with Crippen molar-refractivity contribution in [1.82, 2.24) is 4.90 Å². The molecule has 2 heterocycles. The van der Waals surface area contributed by atoms with Crippen molar-refractivity contribution in [2.45, 2.75) is 51.5 Å². The number of carbonyl (C=O) groups excluding carboxylic acids is 3. The topological polar surface area (TPSA) is 69.7 Å². The largest absolute Gasteiger partial charge is 0.369 e. The number of hydrogen-bond donors (Lipinski definition) is 1. The van der Waals surface area contributed by atoms with Crippen molar-refractivity contribution in [1.29, 1.82) is 0 Å². The maximum atomic E-state index is 14.6. The van der Waals surface area contributed by atoms with Gasteiger partial charge < -0.3 is 10.2 Å². The van der Waals surface area contributed by atoms with Gasteiger partial charge in [0.05, 0.1) is 17.5 Å². The van der Waals surface area contributed by atoms with E-state index in [1.54, 1.807) is 19.1 Å². The second kappa shape index (κ2) is 7.36. The summed E-state index contributed by atoms with van der Waals surface area (Å²) in [6.07, 6.45) is 6.24. The van der Waals surface area contributed by atoms with E-state index >= 15 is 0 Å². The first kappa shape index (κ1) is 19.5. The van der Waals surface area contributed by atoms with E-state index < -0.39 is 11.9 Å². The number of carbonyl (C=O) groups is 3. The molecule has 2 aliphatic heterocycles. The molecule has 0 radical (unpaired) electrons. The Hall–Kier alpha value is -2.44. The van der Waals surface area contributed by atoms with E-state index in [1.807, 2.05) is 4.90 Å². The summed E-state index contributed by atoms with van der Waals surface area (Å²) in [5.74, 6) is -1.16. The van der Waals surface area contributed by atoms with Crippen molar-refractivity contribution in [2.24, 2.45) is 23.7 Å². The summed E-state index contributed by atoms with van der Waals surface area (Å²) >= 11 is 0. The molecule has 1 N–H and O–H groups in total. The third kappa shape index (κ3) is 3.01. The van der Waals surface area contributed by atoms with Crippen molar-refractivity contribution in [3.63, 3.8) is 0 Å². The van der Waals surface area contributed by atoms with E-state index in [-0.39, 0.29) is 41.3 Å². The number of piperidine rings is 1. The zero-order valence-electron chi connectivity index (χ0n) is 17.3. The fourth-order valence-electron chi connectivity index (χ4n) is 6.15. The minimum atomic E-state index is -0.903. The molecule has 2 bridgehead atoms. The summed E-state index contributed by atoms with van der Waals surface area (Å²) in [6.45, 7) is 3.25. The number of rotatable bonds is 4. The van der Waals surface area contributed by atoms with Gasteiger partial charge in [-0.15, -0.1) is 0 Å². The molecule has 1 aromatic rings. The number of benzene rings is 1. The smallest absolute Gasteiger partial charge is 0.247 e. The predicted octanol–water partition coefficient (Wildman–Crippen LogP) is 3.17. The van der Waals surface area contributed by atoms with Gasteiger partial charge in [0.1, 0.15) is 11.9 Å². The van der Waals surface area contributed by atoms with E-state index in [4.69, 9.17) is 0 Å². The SMILES string of the molecule is C[C@H](C(=O)Nc1ccc(N2CCCCC2)c(F)c1)N1C(=O)[C@@H]2[C@H]3CC[C@@H](C3)[C@H]2C1=O. The molecule has 7 heteroatoms. The summed E-state index contributed by atoms with van der Waals surface area (Å²) in [5.41, 5.74) is 0.887. The second-order valence-corrected chi connectivity index (χ2v) is 9.31. The van der Waals surface area contributed by atoms with Crippen molar-refractivity contribution in [3.8, 4) is 0 Å². The Balaban J connectivity index is 1.28. The third-order valence-corrected chi connectivity index (χ3v) is 7.64. The molecule has 0 unspecified atom stereocenters. The van der Waals surface area contributed by atoms with Crippen LogP contribution < -0.4 is 10.2 Å². The van der Waals surface area contributed by atoms with Crippen LogP contribution in [0.2, 0.25) is 0 Å². The van der Waals surface area contributed by atoms with Crippen LogP contribution >= 0.6 is 0 Å². The number of imide groups is 1. The predicted molar refractivity (Wildman–Crippen MR) is 110 cm³/mol. The van der Waals surface area contributed by atoms with Crippen LogP contribution in [0.5, 0.6) is 0 Å². The quantitative estimate of drug-likeness (QED) is 0.770. The molecule has 0 aromatic heterocycles. The van der Waals surface area contributed by atoms with Gasteiger partial charge in [-0.1, -0.05) is 0 Å². The first-order valence-electron chi connectivity index (χ1n) is 11.2. The highest BCUT2D eigenvalue weighted by Gasteiger charge is 2.62. The lowest BCUT2D eigenvalue weighted by Crippen LogP contribution is -2.46.